The van der Waals surface area contributed by atoms with Crippen molar-refractivity contribution in [1.82, 2.24) is 0 Å². The average Bonchev–Trinajstić information content (AvgIpc) is 2.58. The van der Waals surface area contributed by atoms with Crippen molar-refractivity contribution in [3.8, 4) is 5.75 Å². The van der Waals surface area contributed by atoms with Crippen LogP contribution in [0.5, 0.6) is 5.75 Å². The number of phenolic OH excluding ortho intramolecular Hbond substituents is 1. The van der Waals surface area contributed by atoms with Gasteiger partial charge in [0.15, 0.2) is 0 Å². The van der Waals surface area contributed by atoms with Crippen molar-refractivity contribution in [3.63, 3.8) is 0 Å². The molecule has 28 heavy (non-hydrogen) atoms. The molecule has 0 spiro atoms. The predicted octanol–water partition coefficient (Wildman–Crippen LogP) is -0.549. The summed E-state index contributed by atoms with van der Waals surface area (Å²) in [7, 11) is -9.54. The minimum Gasteiger partial charge on any atom is -0.744 e. The van der Waals surface area contributed by atoms with Gasteiger partial charge in [0.2, 0.25) is 0 Å². The van der Waals surface area contributed by atoms with Crippen LogP contribution >= 0.6 is 0 Å². The Labute approximate surface area is 183 Å². The summed E-state index contributed by atoms with van der Waals surface area (Å²) in [6.07, 6.45) is 1.40. The van der Waals surface area contributed by atoms with Gasteiger partial charge in [-0.15, -0.1) is 0 Å². The number of aromatic hydroxyl groups is 1. The topological polar surface area (TPSA) is 144 Å². The number of aliphatic imine (C=N–C) groups is 1. The van der Waals surface area contributed by atoms with Crippen molar-refractivity contribution < 1.29 is 60.6 Å². The summed E-state index contributed by atoms with van der Waals surface area (Å²) in [6.45, 7) is 0. The van der Waals surface area contributed by atoms with E-state index in [0.717, 1.165) is 24.3 Å². The molecule has 0 aromatic heterocycles. The third-order valence-electron chi connectivity index (χ3n) is 3.69. The van der Waals surface area contributed by atoms with Gasteiger partial charge in [-0.05, 0) is 35.2 Å². The molecule has 0 radical (unpaired) electrons. The van der Waals surface area contributed by atoms with E-state index in [1.165, 1.54) is 6.21 Å². The Morgan fingerprint density at radius 1 is 0.929 bits per heavy atom. The summed E-state index contributed by atoms with van der Waals surface area (Å²) in [5.74, 6) is -0.566. The van der Waals surface area contributed by atoms with Gasteiger partial charge in [-0.1, -0.05) is 30.3 Å². The molecule has 140 valence electrons. The number of hydrogen-bond acceptors (Lipinski definition) is 7. The van der Waals surface area contributed by atoms with Gasteiger partial charge in [-0.25, -0.2) is 8.42 Å². The van der Waals surface area contributed by atoms with Crippen molar-refractivity contribution in [2.45, 2.75) is 9.79 Å². The summed E-state index contributed by atoms with van der Waals surface area (Å²) in [5.41, 5.74) is 0.650. The molecule has 0 bridgehead atoms. The molecule has 0 fully saturated rings. The minimum atomic E-state index is -4.89. The van der Waals surface area contributed by atoms with Crippen LogP contribution in [0.2, 0.25) is 0 Å². The molecule has 8 nitrogen and oxygen atoms in total. The second-order valence-electron chi connectivity index (χ2n) is 5.58. The number of hydrogen-bond donors (Lipinski definition) is 2. The molecule has 3 rings (SSSR count). The van der Waals surface area contributed by atoms with E-state index in [-0.39, 0.29) is 46.0 Å². The van der Waals surface area contributed by atoms with Crippen LogP contribution in [0.15, 0.2) is 69.4 Å². The van der Waals surface area contributed by atoms with Crippen LogP contribution in [0.4, 0.5) is 5.69 Å². The van der Waals surface area contributed by atoms with E-state index in [2.05, 4.69) is 4.99 Å². The molecule has 0 atom stereocenters. The number of phenols is 1. The first-order valence-electron chi connectivity index (χ1n) is 7.39. The summed E-state index contributed by atoms with van der Waals surface area (Å²) < 4.78 is 66.1. The van der Waals surface area contributed by atoms with E-state index in [4.69, 9.17) is 0 Å². The van der Waals surface area contributed by atoms with Crippen molar-refractivity contribution in [2.24, 2.45) is 4.99 Å². The maximum Gasteiger partial charge on any atom is 1.00 e. The molecule has 0 saturated carbocycles. The van der Waals surface area contributed by atoms with Gasteiger partial charge >= 0.3 is 29.6 Å². The third kappa shape index (κ3) is 4.97. The fourth-order valence-corrected chi connectivity index (χ4v) is 3.56. The van der Waals surface area contributed by atoms with Crippen molar-refractivity contribution >= 4 is 42.9 Å². The fraction of sp³-hybridized carbons (Fsp3) is 0. The molecular formula is C17H12NNaO7S2. The summed E-state index contributed by atoms with van der Waals surface area (Å²) in [6, 6.07) is 12.4. The van der Waals surface area contributed by atoms with E-state index >= 15 is 0 Å². The van der Waals surface area contributed by atoms with Gasteiger partial charge in [0.05, 0.1) is 15.5 Å². The molecule has 0 aliphatic heterocycles. The van der Waals surface area contributed by atoms with Crippen LogP contribution in [-0.4, -0.2) is 37.3 Å². The monoisotopic (exact) mass is 429 g/mol. The molecule has 11 heteroatoms. The first kappa shape index (κ1) is 22.5. The maximum absolute atomic E-state index is 11.5. The molecular weight excluding hydrogens is 417 g/mol. The number of rotatable bonds is 4. The van der Waals surface area contributed by atoms with Gasteiger partial charge in [0.25, 0.3) is 10.1 Å². The van der Waals surface area contributed by atoms with Crippen LogP contribution < -0.4 is 29.6 Å². The van der Waals surface area contributed by atoms with Crippen LogP contribution in [0.1, 0.15) is 5.56 Å². The van der Waals surface area contributed by atoms with Gasteiger partial charge in [0, 0.05) is 11.6 Å². The predicted molar refractivity (Wildman–Crippen MR) is 97.1 cm³/mol. The number of fused-ring (bicyclic) bond motifs is 1. The number of nitrogens with zero attached hydrogens (tertiary/aromatic N) is 1. The molecule has 0 unspecified atom stereocenters. The van der Waals surface area contributed by atoms with E-state index in [0.29, 0.717) is 5.56 Å². The first-order chi connectivity index (χ1) is 12.6. The largest absolute Gasteiger partial charge is 1.00 e. The van der Waals surface area contributed by atoms with E-state index in [1.54, 1.807) is 30.3 Å². The Morgan fingerprint density at radius 3 is 2.11 bits per heavy atom. The molecule has 0 heterocycles. The first-order valence-corrected chi connectivity index (χ1v) is 10.2. The van der Waals surface area contributed by atoms with Gasteiger partial charge in [0.1, 0.15) is 15.9 Å². The van der Waals surface area contributed by atoms with Crippen molar-refractivity contribution in [2.75, 3.05) is 0 Å². The maximum atomic E-state index is 11.5. The third-order valence-corrected chi connectivity index (χ3v) is 5.34. The van der Waals surface area contributed by atoms with Crippen molar-refractivity contribution in [3.05, 3.63) is 60.2 Å². The molecule has 3 aromatic carbocycles. The molecule has 3 aromatic rings. The van der Waals surface area contributed by atoms with Crippen LogP contribution in [0, 0.1) is 0 Å². The Hall–Kier alpha value is -1.79. The van der Waals surface area contributed by atoms with Gasteiger partial charge in [-0.3, -0.25) is 9.55 Å². The zero-order valence-corrected chi connectivity index (χ0v) is 18.1. The minimum absolute atomic E-state index is 0. The zero-order chi connectivity index (χ0) is 19.8. The molecule has 2 N–H and O–H groups in total. The standard InChI is InChI=1S/C17H13NO7S2.Na/c19-16-9-14(27(23,24)25)7-12-6-13(26(20,21)22)8-15(17(12)16)18-10-11-4-2-1-3-5-11;/h1-10,19H,(H,20,21,22)(H,23,24,25);/q;+1/p-1. The van der Waals surface area contributed by atoms with E-state index < -0.39 is 35.8 Å². The second kappa shape index (κ2) is 8.29. The van der Waals surface area contributed by atoms with Crippen LogP contribution in [-0.2, 0) is 20.2 Å². The summed E-state index contributed by atoms with van der Waals surface area (Å²) in [4.78, 5) is 2.85. The molecule has 0 aliphatic carbocycles. The van der Waals surface area contributed by atoms with Crippen LogP contribution in [0.25, 0.3) is 10.8 Å². The quantitative estimate of drug-likeness (QED) is 0.322. The van der Waals surface area contributed by atoms with E-state index in [9.17, 15) is 31.0 Å². The molecule has 0 amide bonds. The number of benzene rings is 3. The Balaban J connectivity index is 0.00000280. The second-order valence-corrected chi connectivity index (χ2v) is 8.38. The van der Waals surface area contributed by atoms with Crippen molar-refractivity contribution in [1.29, 1.82) is 0 Å². The average molecular weight is 429 g/mol. The molecule has 0 saturated heterocycles. The smallest absolute Gasteiger partial charge is 0.744 e. The van der Waals surface area contributed by atoms with Gasteiger partial charge < -0.3 is 9.66 Å². The van der Waals surface area contributed by atoms with Gasteiger partial charge in [-0.2, -0.15) is 8.42 Å². The van der Waals surface area contributed by atoms with Crippen LogP contribution in [0.3, 0.4) is 0 Å². The van der Waals surface area contributed by atoms with E-state index in [1.807, 2.05) is 0 Å². The SMILES string of the molecule is O=S(=O)([O-])c1cc(O)c2c(N=Cc3ccccc3)cc(S(=O)(=O)O)cc2c1.[Na+]. The fourth-order valence-electron chi connectivity index (χ4n) is 2.49. The summed E-state index contributed by atoms with van der Waals surface area (Å²) in [5, 5.41) is 10.1. The zero-order valence-electron chi connectivity index (χ0n) is 14.5. The Kier molecular flexibility index (Phi) is 6.66. The Bertz CT molecular complexity index is 1270. The Morgan fingerprint density at radius 2 is 1.54 bits per heavy atom. The molecule has 0 aliphatic rings. The summed E-state index contributed by atoms with van der Waals surface area (Å²) >= 11 is 0. The normalized spacial score (nSPS) is 12.2.